The molecule has 0 saturated carbocycles. The average molecular weight is 401 g/mol. The molecule has 5 rings (SSSR count). The minimum absolute atomic E-state index is 0.251. The molecule has 30 heavy (non-hydrogen) atoms. The van der Waals surface area contributed by atoms with E-state index in [0.29, 0.717) is 18.0 Å². The highest BCUT2D eigenvalue weighted by Crippen LogP contribution is 2.38. The van der Waals surface area contributed by atoms with E-state index in [2.05, 4.69) is 47.3 Å². The van der Waals surface area contributed by atoms with Crippen LogP contribution in [0.5, 0.6) is 5.75 Å². The van der Waals surface area contributed by atoms with Crippen LogP contribution in [0, 0.1) is 6.92 Å². The van der Waals surface area contributed by atoms with Gasteiger partial charge in [-0.05, 0) is 26.8 Å². The number of nitrogens with zero attached hydrogens (tertiary/aromatic N) is 4. The zero-order valence-electron chi connectivity index (χ0n) is 17.2. The third-order valence-electron chi connectivity index (χ3n) is 5.60. The number of nitrogens with two attached hydrogens (primary N) is 1. The number of hydrogen-bond donors (Lipinski definition) is 1. The zero-order valence-corrected chi connectivity index (χ0v) is 17.2. The van der Waals surface area contributed by atoms with Crippen LogP contribution in [0.15, 0.2) is 47.4 Å². The summed E-state index contributed by atoms with van der Waals surface area (Å²) in [5.74, 6) is 0.923. The van der Waals surface area contributed by atoms with Crippen molar-refractivity contribution in [1.29, 1.82) is 0 Å². The van der Waals surface area contributed by atoms with E-state index in [-0.39, 0.29) is 6.10 Å². The van der Waals surface area contributed by atoms with E-state index < -0.39 is 0 Å². The Labute approximate surface area is 174 Å². The second-order valence-electron chi connectivity index (χ2n) is 7.66. The van der Waals surface area contributed by atoms with Crippen LogP contribution < -0.4 is 10.5 Å². The highest BCUT2D eigenvalue weighted by molar-refractivity contribution is 5.71. The smallest absolute Gasteiger partial charge is 0.166 e. The van der Waals surface area contributed by atoms with Crippen LogP contribution in [-0.4, -0.2) is 19.9 Å². The highest BCUT2D eigenvalue weighted by atomic mass is 16.5. The summed E-state index contributed by atoms with van der Waals surface area (Å²) in [7, 11) is 0. The van der Waals surface area contributed by atoms with Gasteiger partial charge in [0.15, 0.2) is 11.6 Å². The van der Waals surface area contributed by atoms with E-state index in [9.17, 15) is 0 Å². The molecular formula is C23H23N5O2. The van der Waals surface area contributed by atoms with Crippen LogP contribution in [0.3, 0.4) is 0 Å². The lowest BCUT2D eigenvalue weighted by molar-refractivity contribution is 0.228. The molecule has 0 amide bonds. The minimum Gasteiger partial charge on any atom is -0.482 e. The van der Waals surface area contributed by atoms with Crippen LogP contribution in [0.25, 0.3) is 22.5 Å². The maximum Gasteiger partial charge on any atom is 0.166 e. The molecule has 7 heteroatoms. The Hall–Kier alpha value is -3.61. The van der Waals surface area contributed by atoms with Gasteiger partial charge in [-0.25, -0.2) is 4.98 Å². The molecule has 0 unspecified atom stereocenters. The van der Waals surface area contributed by atoms with Crippen molar-refractivity contribution in [2.24, 2.45) is 0 Å². The molecule has 1 aromatic carbocycles. The largest absolute Gasteiger partial charge is 0.482 e. The van der Waals surface area contributed by atoms with Crippen molar-refractivity contribution < 1.29 is 9.26 Å². The molecule has 1 aliphatic heterocycles. The highest BCUT2D eigenvalue weighted by Gasteiger charge is 2.24. The molecule has 4 aromatic rings. The van der Waals surface area contributed by atoms with Crippen LogP contribution in [0.4, 0.5) is 5.82 Å². The fraction of sp³-hybridized carbons (Fsp3) is 0.261. The molecule has 3 aromatic heterocycles. The normalized spacial score (nSPS) is 15.2. The molecule has 2 bridgehead atoms. The first kappa shape index (κ1) is 18.4. The number of rotatable bonds is 1. The van der Waals surface area contributed by atoms with Crippen molar-refractivity contribution in [3.05, 3.63) is 65.2 Å². The second-order valence-corrected chi connectivity index (χ2v) is 7.66. The van der Waals surface area contributed by atoms with Crippen LogP contribution >= 0.6 is 0 Å². The quantitative estimate of drug-likeness (QED) is 0.503. The summed E-state index contributed by atoms with van der Waals surface area (Å²) in [5.41, 5.74) is 14.2. The maximum absolute atomic E-state index is 6.32. The summed E-state index contributed by atoms with van der Waals surface area (Å²) in [6.45, 7) is 6.88. The lowest BCUT2D eigenvalue weighted by Crippen LogP contribution is -2.09. The number of fused-ring (bicyclic) bond motifs is 7. The Morgan fingerprint density at radius 2 is 2.07 bits per heavy atom. The summed E-state index contributed by atoms with van der Waals surface area (Å²) in [4.78, 5) is 4.41. The van der Waals surface area contributed by atoms with Crippen molar-refractivity contribution in [3.63, 3.8) is 0 Å². The molecule has 152 valence electrons. The van der Waals surface area contributed by atoms with Gasteiger partial charge in [0.1, 0.15) is 18.1 Å². The van der Waals surface area contributed by atoms with Crippen molar-refractivity contribution in [2.75, 3.05) is 5.73 Å². The molecule has 0 aliphatic carbocycles. The molecule has 2 N–H and O–H groups in total. The van der Waals surface area contributed by atoms with E-state index in [4.69, 9.17) is 15.0 Å². The first-order chi connectivity index (χ1) is 14.5. The molecule has 4 heterocycles. The third kappa shape index (κ3) is 2.94. The minimum atomic E-state index is -0.251. The van der Waals surface area contributed by atoms with Gasteiger partial charge >= 0.3 is 0 Å². The fourth-order valence-corrected chi connectivity index (χ4v) is 4.10. The number of aryl methyl sites for hydroxylation is 2. The summed E-state index contributed by atoms with van der Waals surface area (Å²) in [5, 5.41) is 8.92. The lowest BCUT2D eigenvalue weighted by atomic mass is 9.93. The Morgan fingerprint density at radius 3 is 2.90 bits per heavy atom. The number of aromatic nitrogens is 4. The predicted molar refractivity (Wildman–Crippen MR) is 114 cm³/mol. The van der Waals surface area contributed by atoms with Gasteiger partial charge in [-0.1, -0.05) is 28.9 Å². The summed E-state index contributed by atoms with van der Waals surface area (Å²) in [6, 6.07) is 8.23. The molecule has 0 spiro atoms. The maximum atomic E-state index is 6.32. The SMILES string of the molecule is CCn1ncc2c1-c1cnc(N)c(c1)O[C@H](C)c1cc(C)ccc1-c1nocc1C2. The molecule has 1 aliphatic rings. The van der Waals surface area contributed by atoms with Gasteiger partial charge in [0, 0.05) is 47.0 Å². The van der Waals surface area contributed by atoms with Crippen molar-refractivity contribution in [2.45, 2.75) is 39.8 Å². The number of ether oxygens (including phenoxy) is 1. The summed E-state index contributed by atoms with van der Waals surface area (Å²) in [6.07, 6.45) is 5.79. The Morgan fingerprint density at radius 1 is 1.20 bits per heavy atom. The Kier molecular flexibility index (Phi) is 4.31. The number of nitrogen functional groups attached to an aromatic ring is 1. The van der Waals surface area contributed by atoms with Crippen molar-refractivity contribution in [1.82, 2.24) is 19.9 Å². The fourth-order valence-electron chi connectivity index (χ4n) is 4.10. The Bertz CT molecular complexity index is 1240. The van der Waals surface area contributed by atoms with Gasteiger partial charge in [-0.15, -0.1) is 0 Å². The van der Waals surface area contributed by atoms with Crippen LogP contribution in [-0.2, 0) is 13.0 Å². The lowest BCUT2D eigenvalue weighted by Gasteiger charge is -2.21. The van der Waals surface area contributed by atoms with Crippen molar-refractivity contribution >= 4 is 5.82 Å². The molecule has 7 nitrogen and oxygen atoms in total. The monoisotopic (exact) mass is 401 g/mol. The summed E-state index contributed by atoms with van der Waals surface area (Å²) >= 11 is 0. The third-order valence-corrected chi connectivity index (χ3v) is 5.60. The molecule has 1 atom stereocenters. The van der Waals surface area contributed by atoms with Gasteiger partial charge in [-0.3, -0.25) is 4.68 Å². The standard InChI is InChI=1S/C23H23N5O2/c1-4-28-22-15(11-26-28)8-17-12-29-27-21(17)18-6-5-13(2)7-19(18)14(3)30-20-9-16(22)10-25-23(20)24/h5-7,9-12,14H,4,8H2,1-3H3,(H2,24,25)/t14-/m1/s1. The summed E-state index contributed by atoms with van der Waals surface area (Å²) < 4.78 is 13.7. The van der Waals surface area contributed by atoms with Gasteiger partial charge < -0.3 is 15.0 Å². The predicted octanol–water partition coefficient (Wildman–Crippen LogP) is 4.55. The average Bonchev–Trinajstić information content (AvgIpc) is 3.36. The van der Waals surface area contributed by atoms with E-state index in [1.807, 2.05) is 23.9 Å². The molecule has 0 saturated heterocycles. The van der Waals surface area contributed by atoms with Crippen molar-refractivity contribution in [3.8, 4) is 28.3 Å². The van der Waals surface area contributed by atoms with Gasteiger partial charge in [-0.2, -0.15) is 5.10 Å². The Balaban J connectivity index is 1.79. The first-order valence-corrected chi connectivity index (χ1v) is 10.1. The van der Waals surface area contributed by atoms with Gasteiger partial charge in [0.25, 0.3) is 0 Å². The van der Waals surface area contributed by atoms with Gasteiger partial charge in [0.05, 0.1) is 11.9 Å². The van der Waals surface area contributed by atoms with Crippen LogP contribution in [0.1, 0.15) is 42.2 Å². The number of anilines is 1. The second kappa shape index (κ2) is 7.02. The molecular weight excluding hydrogens is 378 g/mol. The van der Waals surface area contributed by atoms with Crippen LogP contribution in [0.2, 0.25) is 0 Å². The van der Waals surface area contributed by atoms with E-state index >= 15 is 0 Å². The molecule has 0 fully saturated rings. The topological polar surface area (TPSA) is 92.0 Å². The van der Waals surface area contributed by atoms with Gasteiger partial charge in [0.2, 0.25) is 0 Å². The number of pyridine rings is 1. The zero-order chi connectivity index (χ0) is 20.8. The van der Waals surface area contributed by atoms with E-state index in [1.165, 1.54) is 0 Å². The van der Waals surface area contributed by atoms with E-state index in [1.54, 1.807) is 12.5 Å². The van der Waals surface area contributed by atoms with E-state index in [0.717, 1.165) is 51.3 Å². The first-order valence-electron chi connectivity index (χ1n) is 10.1. The number of hydrogen-bond acceptors (Lipinski definition) is 6. The number of benzene rings is 1. The molecule has 0 radical (unpaired) electrons.